The Hall–Kier alpha value is -1.08. The van der Waals surface area contributed by atoms with Gasteiger partial charge >= 0.3 is 0 Å². The zero-order valence-electron chi connectivity index (χ0n) is 9.26. The van der Waals surface area contributed by atoms with Gasteiger partial charge < -0.3 is 4.74 Å². The van der Waals surface area contributed by atoms with E-state index in [0.29, 0.717) is 10.2 Å². The van der Waals surface area contributed by atoms with Gasteiger partial charge in [0.2, 0.25) is 0 Å². The lowest BCUT2D eigenvalue weighted by Gasteiger charge is -2.15. The summed E-state index contributed by atoms with van der Waals surface area (Å²) in [6.45, 7) is 3.99. The Kier molecular flexibility index (Phi) is 4.75. The van der Waals surface area contributed by atoms with E-state index in [0.717, 1.165) is 12.8 Å². The Morgan fingerprint density at radius 2 is 2.25 bits per heavy atom. The van der Waals surface area contributed by atoms with Crippen LogP contribution in [0, 0.1) is 17.1 Å². The number of hydrogen-bond donors (Lipinski definition) is 0. The van der Waals surface area contributed by atoms with Crippen molar-refractivity contribution in [2.45, 2.75) is 32.8 Å². The van der Waals surface area contributed by atoms with E-state index in [1.807, 2.05) is 13.0 Å². The van der Waals surface area contributed by atoms with E-state index in [1.54, 1.807) is 0 Å². The number of nitrogens with zero attached hydrogens (tertiary/aromatic N) is 1. The Morgan fingerprint density at radius 1 is 1.56 bits per heavy atom. The molecular weight excluding hydrogens is 273 g/mol. The number of rotatable bonds is 4. The third kappa shape index (κ3) is 3.21. The minimum Gasteiger partial charge on any atom is -0.489 e. The lowest BCUT2D eigenvalue weighted by molar-refractivity contribution is 0.209. The average molecular weight is 286 g/mol. The Bertz CT molecular complexity index is 414. The lowest BCUT2D eigenvalue weighted by atomic mass is 10.2. The Labute approximate surface area is 103 Å². The predicted molar refractivity (Wildman–Crippen MR) is 63.8 cm³/mol. The highest BCUT2D eigenvalue weighted by Gasteiger charge is 2.11. The lowest BCUT2D eigenvalue weighted by Crippen LogP contribution is -2.12. The number of hydrogen-bond acceptors (Lipinski definition) is 2. The van der Waals surface area contributed by atoms with Crippen LogP contribution >= 0.6 is 15.9 Å². The SMILES string of the molecule is CCC[C@H](C)Oc1cc(Br)c(F)cc1C#N. The van der Waals surface area contributed by atoms with Gasteiger partial charge in [-0.15, -0.1) is 0 Å². The third-order valence-electron chi connectivity index (χ3n) is 2.17. The van der Waals surface area contributed by atoms with Crippen molar-refractivity contribution in [1.82, 2.24) is 0 Å². The van der Waals surface area contributed by atoms with Crippen molar-refractivity contribution in [3.8, 4) is 11.8 Å². The average Bonchev–Trinajstić information content (AvgIpc) is 2.23. The van der Waals surface area contributed by atoms with Crippen LogP contribution in [-0.2, 0) is 0 Å². The van der Waals surface area contributed by atoms with Gasteiger partial charge in [-0.2, -0.15) is 5.26 Å². The molecule has 0 aromatic heterocycles. The van der Waals surface area contributed by atoms with Crippen molar-refractivity contribution in [3.63, 3.8) is 0 Å². The molecule has 0 spiro atoms. The van der Waals surface area contributed by atoms with Crippen LogP contribution in [0.5, 0.6) is 5.75 Å². The van der Waals surface area contributed by atoms with Gasteiger partial charge in [-0.1, -0.05) is 13.3 Å². The van der Waals surface area contributed by atoms with Crippen LogP contribution in [0.4, 0.5) is 4.39 Å². The summed E-state index contributed by atoms with van der Waals surface area (Å²) in [5.74, 6) is -0.0243. The Balaban J connectivity index is 2.95. The molecule has 0 saturated carbocycles. The van der Waals surface area contributed by atoms with Crippen LogP contribution in [0.3, 0.4) is 0 Å². The van der Waals surface area contributed by atoms with Crippen molar-refractivity contribution in [2.24, 2.45) is 0 Å². The first kappa shape index (κ1) is 13.0. The normalized spacial score (nSPS) is 11.9. The highest BCUT2D eigenvalue weighted by atomic mass is 79.9. The van der Waals surface area contributed by atoms with Crippen LogP contribution in [0.1, 0.15) is 32.3 Å². The molecular formula is C12H13BrFNO. The minimum absolute atomic E-state index is 0.0226. The summed E-state index contributed by atoms with van der Waals surface area (Å²) in [6, 6.07) is 4.60. The second kappa shape index (κ2) is 5.86. The largest absolute Gasteiger partial charge is 0.489 e. The molecule has 1 aromatic rings. The second-order valence-electron chi connectivity index (χ2n) is 3.59. The van der Waals surface area contributed by atoms with Crippen molar-refractivity contribution in [1.29, 1.82) is 5.26 Å². The molecule has 0 aliphatic heterocycles. The standard InChI is InChI=1S/C12H13BrFNO/c1-3-4-8(2)16-12-6-10(13)11(14)5-9(12)7-15/h5-6,8H,3-4H2,1-2H3/t8-/m0/s1. The molecule has 1 atom stereocenters. The molecule has 86 valence electrons. The molecule has 0 radical (unpaired) electrons. The van der Waals surface area contributed by atoms with Gasteiger partial charge in [0, 0.05) is 0 Å². The van der Waals surface area contributed by atoms with E-state index in [2.05, 4.69) is 22.9 Å². The molecule has 0 aliphatic rings. The molecule has 0 N–H and O–H groups in total. The topological polar surface area (TPSA) is 33.0 Å². The first-order chi connectivity index (χ1) is 7.58. The summed E-state index contributed by atoms with van der Waals surface area (Å²) in [6.07, 6.45) is 1.93. The van der Waals surface area contributed by atoms with Gasteiger partial charge in [0.05, 0.1) is 16.1 Å². The van der Waals surface area contributed by atoms with E-state index in [9.17, 15) is 4.39 Å². The van der Waals surface area contributed by atoms with Crippen molar-refractivity contribution in [3.05, 3.63) is 28.0 Å². The zero-order chi connectivity index (χ0) is 12.1. The van der Waals surface area contributed by atoms with Crippen molar-refractivity contribution < 1.29 is 9.13 Å². The van der Waals surface area contributed by atoms with E-state index in [-0.39, 0.29) is 11.7 Å². The molecule has 1 rings (SSSR count). The minimum atomic E-state index is -0.452. The molecule has 1 aromatic carbocycles. The fourth-order valence-electron chi connectivity index (χ4n) is 1.40. The van der Waals surface area contributed by atoms with Crippen molar-refractivity contribution >= 4 is 15.9 Å². The van der Waals surface area contributed by atoms with Crippen LogP contribution in [-0.4, -0.2) is 6.10 Å². The monoisotopic (exact) mass is 285 g/mol. The molecule has 16 heavy (non-hydrogen) atoms. The third-order valence-corrected chi connectivity index (χ3v) is 2.77. The highest BCUT2D eigenvalue weighted by molar-refractivity contribution is 9.10. The molecule has 2 nitrogen and oxygen atoms in total. The second-order valence-corrected chi connectivity index (χ2v) is 4.45. The maximum absolute atomic E-state index is 13.2. The molecule has 0 fully saturated rings. The Morgan fingerprint density at radius 3 is 2.81 bits per heavy atom. The van der Waals surface area contributed by atoms with Crippen LogP contribution in [0.15, 0.2) is 16.6 Å². The maximum Gasteiger partial charge on any atom is 0.138 e. The zero-order valence-corrected chi connectivity index (χ0v) is 10.8. The summed E-state index contributed by atoms with van der Waals surface area (Å²) in [5, 5.41) is 8.86. The van der Waals surface area contributed by atoms with Gasteiger partial charge in [-0.25, -0.2) is 4.39 Å². The van der Waals surface area contributed by atoms with Gasteiger partial charge in [-0.3, -0.25) is 0 Å². The predicted octanol–water partition coefficient (Wildman–Crippen LogP) is 4.03. The summed E-state index contributed by atoms with van der Waals surface area (Å²) in [4.78, 5) is 0. The summed E-state index contributed by atoms with van der Waals surface area (Å²) in [5.41, 5.74) is 0.226. The molecule has 4 heteroatoms. The molecule has 0 bridgehead atoms. The quantitative estimate of drug-likeness (QED) is 0.837. The summed E-state index contributed by atoms with van der Waals surface area (Å²) in [7, 11) is 0. The fourth-order valence-corrected chi connectivity index (χ4v) is 1.72. The van der Waals surface area contributed by atoms with Crippen molar-refractivity contribution in [2.75, 3.05) is 0 Å². The van der Waals surface area contributed by atoms with Gasteiger partial charge in [0.15, 0.2) is 0 Å². The van der Waals surface area contributed by atoms with Crippen LogP contribution in [0.2, 0.25) is 0 Å². The highest BCUT2D eigenvalue weighted by Crippen LogP contribution is 2.27. The number of ether oxygens (including phenoxy) is 1. The van der Waals surface area contributed by atoms with Crippen LogP contribution in [0.25, 0.3) is 0 Å². The maximum atomic E-state index is 13.2. The fraction of sp³-hybridized carbons (Fsp3) is 0.417. The van der Waals surface area contributed by atoms with E-state index < -0.39 is 5.82 Å². The van der Waals surface area contributed by atoms with E-state index >= 15 is 0 Å². The summed E-state index contributed by atoms with van der Waals surface area (Å²) >= 11 is 3.07. The first-order valence-electron chi connectivity index (χ1n) is 5.14. The number of benzene rings is 1. The first-order valence-corrected chi connectivity index (χ1v) is 5.93. The smallest absolute Gasteiger partial charge is 0.138 e. The molecule has 0 aliphatic carbocycles. The van der Waals surface area contributed by atoms with E-state index in [4.69, 9.17) is 10.00 Å². The number of nitriles is 1. The van der Waals surface area contributed by atoms with Gasteiger partial charge in [0.25, 0.3) is 0 Å². The van der Waals surface area contributed by atoms with Gasteiger partial charge in [-0.05, 0) is 41.4 Å². The number of halogens is 2. The molecule has 0 unspecified atom stereocenters. The van der Waals surface area contributed by atoms with Gasteiger partial charge in [0.1, 0.15) is 17.6 Å². The molecule has 0 heterocycles. The van der Waals surface area contributed by atoms with Crippen LogP contribution < -0.4 is 4.74 Å². The summed E-state index contributed by atoms with van der Waals surface area (Å²) < 4.78 is 19.1. The van der Waals surface area contributed by atoms with E-state index in [1.165, 1.54) is 12.1 Å². The molecule has 0 amide bonds. The molecule has 0 saturated heterocycles.